The Balaban J connectivity index is 1.31. The van der Waals surface area contributed by atoms with Crippen LogP contribution in [0.3, 0.4) is 0 Å². The fourth-order valence-electron chi connectivity index (χ4n) is 3.50. The molecule has 2 heterocycles. The Morgan fingerprint density at radius 2 is 1.81 bits per heavy atom. The SMILES string of the molecule is Cc1c(Cl)cccc1NC(=O)CSc1cc(N2CCN(c3ccc(F)cc3)CC2)ncn1. The number of thioether (sulfide) groups is 1. The first-order valence-corrected chi connectivity index (χ1v) is 11.6. The first-order valence-electron chi connectivity index (χ1n) is 10.2. The van der Waals surface area contributed by atoms with E-state index in [9.17, 15) is 9.18 Å². The van der Waals surface area contributed by atoms with Gasteiger partial charge in [0.2, 0.25) is 5.91 Å². The van der Waals surface area contributed by atoms with Crippen molar-refractivity contribution in [1.29, 1.82) is 0 Å². The van der Waals surface area contributed by atoms with Crippen molar-refractivity contribution in [2.24, 2.45) is 0 Å². The molecule has 1 fully saturated rings. The number of nitrogens with zero attached hydrogens (tertiary/aromatic N) is 4. The van der Waals surface area contributed by atoms with E-state index in [1.54, 1.807) is 18.2 Å². The molecule has 0 unspecified atom stereocenters. The average Bonchev–Trinajstić information content (AvgIpc) is 2.82. The normalized spacial score (nSPS) is 13.8. The predicted molar refractivity (Wildman–Crippen MR) is 128 cm³/mol. The Kier molecular flexibility index (Phi) is 7.12. The van der Waals surface area contributed by atoms with Gasteiger partial charge in [-0.05, 0) is 48.9 Å². The molecule has 0 spiro atoms. The molecule has 9 heteroatoms. The predicted octanol–water partition coefficient (Wildman–Crippen LogP) is 4.63. The van der Waals surface area contributed by atoms with Gasteiger partial charge < -0.3 is 15.1 Å². The number of rotatable bonds is 6. The van der Waals surface area contributed by atoms with Crippen LogP contribution >= 0.6 is 23.4 Å². The van der Waals surface area contributed by atoms with Crippen LogP contribution < -0.4 is 15.1 Å². The lowest BCUT2D eigenvalue weighted by molar-refractivity contribution is -0.113. The van der Waals surface area contributed by atoms with Crippen molar-refractivity contribution >= 4 is 46.5 Å². The number of carbonyl (C=O) groups excluding carboxylic acids is 1. The number of amides is 1. The number of hydrogen-bond donors (Lipinski definition) is 1. The summed E-state index contributed by atoms with van der Waals surface area (Å²) in [5.41, 5.74) is 2.58. The smallest absolute Gasteiger partial charge is 0.234 e. The van der Waals surface area contributed by atoms with Crippen LogP contribution in [0.2, 0.25) is 5.02 Å². The monoisotopic (exact) mass is 471 g/mol. The molecule has 3 aromatic rings. The van der Waals surface area contributed by atoms with Crippen molar-refractivity contribution in [3.05, 3.63) is 71.3 Å². The zero-order chi connectivity index (χ0) is 22.5. The first-order chi connectivity index (χ1) is 15.5. The van der Waals surface area contributed by atoms with Gasteiger partial charge in [-0.15, -0.1) is 0 Å². The minimum absolute atomic E-state index is 0.117. The van der Waals surface area contributed by atoms with E-state index < -0.39 is 0 Å². The lowest BCUT2D eigenvalue weighted by atomic mass is 10.2. The maximum atomic E-state index is 13.2. The van der Waals surface area contributed by atoms with Gasteiger partial charge in [0.25, 0.3) is 0 Å². The molecule has 1 amide bonds. The van der Waals surface area contributed by atoms with Gasteiger partial charge in [-0.3, -0.25) is 4.79 Å². The third-order valence-corrected chi connectivity index (χ3v) is 6.65. The van der Waals surface area contributed by atoms with E-state index in [4.69, 9.17) is 11.6 Å². The van der Waals surface area contributed by atoms with Crippen LogP contribution in [0.4, 0.5) is 21.6 Å². The summed E-state index contributed by atoms with van der Waals surface area (Å²) in [6.07, 6.45) is 1.53. The van der Waals surface area contributed by atoms with E-state index in [2.05, 4.69) is 25.1 Å². The number of aromatic nitrogens is 2. The molecule has 1 N–H and O–H groups in total. The largest absolute Gasteiger partial charge is 0.368 e. The van der Waals surface area contributed by atoms with E-state index in [1.807, 2.05) is 25.1 Å². The number of halogens is 2. The molecule has 1 aliphatic rings. The lowest BCUT2D eigenvalue weighted by Gasteiger charge is -2.36. The van der Waals surface area contributed by atoms with Gasteiger partial charge in [0.1, 0.15) is 23.0 Å². The van der Waals surface area contributed by atoms with Gasteiger partial charge in [0.05, 0.1) is 5.75 Å². The first kappa shape index (κ1) is 22.4. The summed E-state index contributed by atoms with van der Waals surface area (Å²) in [6.45, 7) is 5.11. The van der Waals surface area contributed by atoms with Crippen molar-refractivity contribution in [3.8, 4) is 0 Å². The maximum absolute atomic E-state index is 13.2. The van der Waals surface area contributed by atoms with Crippen LogP contribution in [-0.4, -0.2) is 47.8 Å². The minimum Gasteiger partial charge on any atom is -0.368 e. The van der Waals surface area contributed by atoms with Gasteiger partial charge in [-0.1, -0.05) is 29.4 Å². The summed E-state index contributed by atoms with van der Waals surface area (Å²) < 4.78 is 13.2. The van der Waals surface area contributed by atoms with Crippen LogP contribution in [0.5, 0.6) is 0 Å². The number of carbonyl (C=O) groups is 1. The summed E-state index contributed by atoms with van der Waals surface area (Å²) in [5.74, 6) is 0.733. The summed E-state index contributed by atoms with van der Waals surface area (Å²) in [4.78, 5) is 25.5. The Morgan fingerprint density at radius 1 is 1.09 bits per heavy atom. The van der Waals surface area contributed by atoms with E-state index in [1.165, 1.54) is 30.2 Å². The maximum Gasteiger partial charge on any atom is 0.234 e. The molecule has 166 valence electrons. The minimum atomic E-state index is -0.227. The van der Waals surface area contributed by atoms with Crippen molar-refractivity contribution in [2.75, 3.05) is 47.0 Å². The summed E-state index contributed by atoms with van der Waals surface area (Å²) >= 11 is 7.48. The quantitative estimate of drug-likeness (QED) is 0.417. The molecule has 1 aliphatic heterocycles. The van der Waals surface area contributed by atoms with E-state index >= 15 is 0 Å². The number of benzene rings is 2. The Bertz CT molecular complexity index is 1090. The standard InChI is InChI=1S/C23H23ClFN5OS/c1-16-19(24)3-2-4-20(16)28-22(31)14-32-23-13-21(26-15-27-23)30-11-9-29(10-12-30)18-7-5-17(25)6-8-18/h2-8,13,15H,9-12,14H2,1H3,(H,28,31). The molecule has 0 aliphatic carbocycles. The van der Waals surface area contributed by atoms with Crippen LogP contribution in [0, 0.1) is 12.7 Å². The fourth-order valence-corrected chi connectivity index (χ4v) is 4.33. The number of nitrogens with one attached hydrogen (secondary N) is 1. The topological polar surface area (TPSA) is 61.4 Å². The van der Waals surface area contributed by atoms with Crippen molar-refractivity contribution in [1.82, 2.24) is 9.97 Å². The van der Waals surface area contributed by atoms with Crippen molar-refractivity contribution in [3.63, 3.8) is 0 Å². The Hall–Kier alpha value is -2.84. The third-order valence-electron chi connectivity index (χ3n) is 5.32. The summed E-state index contributed by atoms with van der Waals surface area (Å²) in [7, 11) is 0. The van der Waals surface area contributed by atoms with Gasteiger partial charge in [0.15, 0.2) is 0 Å². The highest BCUT2D eigenvalue weighted by atomic mass is 35.5. The molecule has 1 saturated heterocycles. The van der Waals surface area contributed by atoms with Crippen molar-refractivity contribution in [2.45, 2.75) is 11.9 Å². The van der Waals surface area contributed by atoms with Crippen LogP contribution in [0.15, 0.2) is 59.9 Å². The van der Waals surface area contributed by atoms with E-state index in [0.717, 1.165) is 48.3 Å². The molecular weight excluding hydrogens is 449 g/mol. The van der Waals surface area contributed by atoms with Crippen LogP contribution in [0.1, 0.15) is 5.56 Å². The molecule has 2 aromatic carbocycles. The zero-order valence-electron chi connectivity index (χ0n) is 17.6. The lowest BCUT2D eigenvalue weighted by Crippen LogP contribution is -2.46. The number of piperazine rings is 1. The highest BCUT2D eigenvalue weighted by molar-refractivity contribution is 7.99. The molecule has 6 nitrogen and oxygen atoms in total. The molecule has 0 radical (unpaired) electrons. The van der Waals surface area contributed by atoms with Gasteiger partial charge in [-0.2, -0.15) is 0 Å². The molecule has 32 heavy (non-hydrogen) atoms. The summed E-state index contributed by atoms with van der Waals surface area (Å²) in [5, 5.41) is 4.26. The molecular formula is C23H23ClFN5OS. The van der Waals surface area contributed by atoms with Gasteiger partial charge in [-0.25, -0.2) is 14.4 Å². The van der Waals surface area contributed by atoms with Crippen LogP contribution in [0.25, 0.3) is 0 Å². The molecule has 0 atom stereocenters. The number of anilines is 3. The highest BCUT2D eigenvalue weighted by Crippen LogP contribution is 2.25. The molecule has 4 rings (SSSR count). The molecule has 1 aromatic heterocycles. The van der Waals surface area contributed by atoms with Crippen molar-refractivity contribution < 1.29 is 9.18 Å². The Labute approximate surface area is 195 Å². The zero-order valence-corrected chi connectivity index (χ0v) is 19.2. The van der Waals surface area contributed by atoms with Crippen LogP contribution in [-0.2, 0) is 4.79 Å². The Morgan fingerprint density at radius 3 is 2.56 bits per heavy atom. The second-order valence-electron chi connectivity index (χ2n) is 7.41. The number of hydrogen-bond acceptors (Lipinski definition) is 6. The van der Waals surface area contributed by atoms with Gasteiger partial charge in [0, 0.05) is 48.6 Å². The highest BCUT2D eigenvalue weighted by Gasteiger charge is 2.19. The van der Waals surface area contributed by atoms with E-state index in [-0.39, 0.29) is 17.5 Å². The molecule has 0 saturated carbocycles. The second-order valence-corrected chi connectivity index (χ2v) is 8.82. The average molecular weight is 472 g/mol. The summed E-state index contributed by atoms with van der Waals surface area (Å²) in [6, 6.07) is 13.9. The molecule has 0 bridgehead atoms. The second kappa shape index (κ2) is 10.2. The fraction of sp³-hybridized carbons (Fsp3) is 0.261. The van der Waals surface area contributed by atoms with E-state index in [0.29, 0.717) is 10.7 Å². The van der Waals surface area contributed by atoms with Gasteiger partial charge >= 0.3 is 0 Å². The third kappa shape index (κ3) is 5.49.